The van der Waals surface area contributed by atoms with Gasteiger partial charge in [0.15, 0.2) is 0 Å². The van der Waals surface area contributed by atoms with Crippen molar-refractivity contribution in [3.63, 3.8) is 0 Å². The summed E-state index contributed by atoms with van der Waals surface area (Å²) in [7, 11) is 0. The van der Waals surface area contributed by atoms with E-state index in [0.717, 1.165) is 31.4 Å². The maximum Gasteiger partial charge on any atom is 0.233 e. The van der Waals surface area contributed by atoms with Crippen molar-refractivity contribution in [3.05, 3.63) is 43.0 Å². The largest absolute Gasteiger partial charge is 0.326 e. The lowest BCUT2D eigenvalue weighted by molar-refractivity contribution is -0.140. The Morgan fingerprint density at radius 3 is 2.33 bits per heavy atom. The standard InChI is InChI=1S/C20H22N4O3/c25-18(22-14-5-7-15(8-6-14)23-12-10-21-13-23)9-11-24-19(26)16-3-1-2-4-17(16)20(24)27/h5-8,10,12-13,16-17H,1-4,9,11H2,(H,22,25)/t16-,17+. The molecule has 1 N–H and O–H groups in total. The van der Waals surface area contributed by atoms with Crippen LogP contribution in [0, 0.1) is 11.8 Å². The van der Waals surface area contributed by atoms with Gasteiger partial charge >= 0.3 is 0 Å². The first-order chi connectivity index (χ1) is 13.1. The van der Waals surface area contributed by atoms with Gasteiger partial charge in [0, 0.05) is 36.7 Å². The fourth-order valence-electron chi connectivity index (χ4n) is 4.02. The Morgan fingerprint density at radius 2 is 1.74 bits per heavy atom. The third kappa shape index (κ3) is 3.49. The molecule has 140 valence electrons. The summed E-state index contributed by atoms with van der Waals surface area (Å²) >= 11 is 0. The summed E-state index contributed by atoms with van der Waals surface area (Å²) in [6.45, 7) is 0.156. The van der Waals surface area contributed by atoms with E-state index in [1.165, 1.54) is 4.90 Å². The number of imide groups is 1. The Hall–Kier alpha value is -2.96. The van der Waals surface area contributed by atoms with Crippen LogP contribution in [0.3, 0.4) is 0 Å². The normalized spacial score (nSPS) is 22.0. The molecular weight excluding hydrogens is 344 g/mol. The second-order valence-electron chi connectivity index (χ2n) is 7.14. The molecule has 2 aliphatic rings. The van der Waals surface area contributed by atoms with Crippen LogP contribution in [0.5, 0.6) is 0 Å². The average Bonchev–Trinajstić information content (AvgIpc) is 3.30. The monoisotopic (exact) mass is 366 g/mol. The van der Waals surface area contributed by atoms with Gasteiger partial charge in [-0.05, 0) is 37.1 Å². The average molecular weight is 366 g/mol. The lowest BCUT2D eigenvalue weighted by Crippen LogP contribution is -2.34. The third-order valence-electron chi connectivity index (χ3n) is 5.45. The Morgan fingerprint density at radius 1 is 1.07 bits per heavy atom. The number of benzene rings is 1. The van der Waals surface area contributed by atoms with Gasteiger partial charge in [-0.25, -0.2) is 4.98 Å². The molecule has 7 nitrogen and oxygen atoms in total. The molecule has 7 heteroatoms. The first-order valence-corrected chi connectivity index (χ1v) is 9.37. The number of nitrogens with zero attached hydrogens (tertiary/aromatic N) is 3. The van der Waals surface area contributed by atoms with E-state index in [1.807, 2.05) is 35.0 Å². The molecule has 1 aliphatic heterocycles. The summed E-state index contributed by atoms with van der Waals surface area (Å²) in [6, 6.07) is 7.40. The second-order valence-corrected chi connectivity index (χ2v) is 7.14. The number of nitrogens with one attached hydrogen (secondary N) is 1. The van der Waals surface area contributed by atoms with Gasteiger partial charge in [-0.1, -0.05) is 12.8 Å². The van der Waals surface area contributed by atoms with Crippen LogP contribution in [0.15, 0.2) is 43.0 Å². The van der Waals surface area contributed by atoms with Crippen LogP contribution in [0.25, 0.3) is 5.69 Å². The van der Waals surface area contributed by atoms with Gasteiger partial charge in [0.25, 0.3) is 0 Å². The zero-order valence-corrected chi connectivity index (χ0v) is 15.0. The van der Waals surface area contributed by atoms with Crippen LogP contribution in [-0.4, -0.2) is 38.7 Å². The van der Waals surface area contributed by atoms with Crippen molar-refractivity contribution < 1.29 is 14.4 Å². The first kappa shape index (κ1) is 17.5. The Kier molecular flexibility index (Phi) is 4.75. The fourth-order valence-corrected chi connectivity index (χ4v) is 4.02. The van der Waals surface area contributed by atoms with E-state index in [9.17, 15) is 14.4 Å². The van der Waals surface area contributed by atoms with E-state index in [-0.39, 0.29) is 42.5 Å². The molecule has 2 fully saturated rings. The molecule has 0 bridgehead atoms. The molecule has 1 saturated heterocycles. The van der Waals surface area contributed by atoms with E-state index >= 15 is 0 Å². The maximum absolute atomic E-state index is 12.4. The van der Waals surface area contributed by atoms with Crippen LogP contribution in [0.1, 0.15) is 32.1 Å². The van der Waals surface area contributed by atoms with Crippen molar-refractivity contribution in [2.45, 2.75) is 32.1 Å². The smallest absolute Gasteiger partial charge is 0.233 e. The summed E-state index contributed by atoms with van der Waals surface area (Å²) < 4.78 is 1.87. The van der Waals surface area contributed by atoms with Crippen molar-refractivity contribution in [1.82, 2.24) is 14.5 Å². The van der Waals surface area contributed by atoms with Crippen LogP contribution >= 0.6 is 0 Å². The quantitative estimate of drug-likeness (QED) is 0.824. The number of likely N-dealkylation sites (tertiary alicyclic amines) is 1. The van der Waals surface area contributed by atoms with Gasteiger partial charge in [0.2, 0.25) is 17.7 Å². The minimum Gasteiger partial charge on any atom is -0.326 e. The molecule has 27 heavy (non-hydrogen) atoms. The molecule has 2 heterocycles. The number of imidazole rings is 1. The number of aromatic nitrogens is 2. The molecule has 1 aromatic heterocycles. The highest BCUT2D eigenvalue weighted by Gasteiger charge is 2.47. The number of carbonyl (C=O) groups is 3. The lowest BCUT2D eigenvalue weighted by Gasteiger charge is -2.19. The predicted octanol–water partition coefficient (Wildman–Crippen LogP) is 2.38. The molecule has 1 aromatic carbocycles. The zero-order valence-electron chi connectivity index (χ0n) is 15.0. The van der Waals surface area contributed by atoms with Crippen LogP contribution in [0.4, 0.5) is 5.69 Å². The van der Waals surface area contributed by atoms with Crippen molar-refractivity contribution in [1.29, 1.82) is 0 Å². The Labute approximate surface area is 157 Å². The highest BCUT2D eigenvalue weighted by molar-refractivity contribution is 6.05. The van der Waals surface area contributed by atoms with Gasteiger partial charge in [-0.15, -0.1) is 0 Å². The van der Waals surface area contributed by atoms with Gasteiger partial charge in [0.05, 0.1) is 18.2 Å². The van der Waals surface area contributed by atoms with E-state index in [4.69, 9.17) is 0 Å². The summed E-state index contributed by atoms with van der Waals surface area (Å²) in [5.74, 6) is -0.722. The number of amides is 3. The summed E-state index contributed by atoms with van der Waals surface area (Å²) in [5, 5.41) is 2.82. The summed E-state index contributed by atoms with van der Waals surface area (Å²) in [4.78, 5) is 42.4. The first-order valence-electron chi connectivity index (χ1n) is 9.37. The molecule has 1 saturated carbocycles. The van der Waals surface area contributed by atoms with E-state index in [1.54, 1.807) is 12.5 Å². The maximum atomic E-state index is 12.4. The van der Waals surface area contributed by atoms with E-state index in [2.05, 4.69) is 10.3 Å². The molecule has 0 spiro atoms. The van der Waals surface area contributed by atoms with E-state index < -0.39 is 0 Å². The van der Waals surface area contributed by atoms with Gasteiger partial charge in [0.1, 0.15) is 0 Å². The van der Waals surface area contributed by atoms with E-state index in [0.29, 0.717) is 5.69 Å². The summed E-state index contributed by atoms with van der Waals surface area (Å²) in [6.07, 6.45) is 8.95. The number of anilines is 1. The van der Waals surface area contributed by atoms with Crippen LogP contribution in [0.2, 0.25) is 0 Å². The highest BCUT2D eigenvalue weighted by Crippen LogP contribution is 2.37. The fraction of sp³-hybridized carbons (Fsp3) is 0.400. The third-order valence-corrected chi connectivity index (χ3v) is 5.45. The number of carbonyl (C=O) groups excluding carboxylic acids is 3. The topological polar surface area (TPSA) is 84.3 Å². The molecule has 2 atom stereocenters. The molecule has 2 aromatic rings. The predicted molar refractivity (Wildman–Crippen MR) is 99.0 cm³/mol. The molecule has 1 aliphatic carbocycles. The number of fused-ring (bicyclic) bond motifs is 1. The molecule has 0 unspecified atom stereocenters. The van der Waals surface area contributed by atoms with Crippen LogP contribution in [-0.2, 0) is 14.4 Å². The molecular formula is C20H22N4O3. The van der Waals surface area contributed by atoms with Crippen molar-refractivity contribution in [3.8, 4) is 5.69 Å². The van der Waals surface area contributed by atoms with Crippen molar-refractivity contribution >= 4 is 23.4 Å². The number of hydrogen-bond acceptors (Lipinski definition) is 4. The van der Waals surface area contributed by atoms with Gasteiger partial charge in [-0.3, -0.25) is 19.3 Å². The Bertz CT molecular complexity index is 821. The lowest BCUT2D eigenvalue weighted by atomic mass is 9.81. The van der Waals surface area contributed by atoms with Gasteiger partial charge in [-0.2, -0.15) is 0 Å². The van der Waals surface area contributed by atoms with Crippen molar-refractivity contribution in [2.24, 2.45) is 11.8 Å². The zero-order chi connectivity index (χ0) is 18.8. The van der Waals surface area contributed by atoms with Crippen LogP contribution < -0.4 is 5.32 Å². The minimum atomic E-state index is -0.208. The molecule has 0 radical (unpaired) electrons. The van der Waals surface area contributed by atoms with Gasteiger partial charge < -0.3 is 9.88 Å². The molecule has 3 amide bonds. The SMILES string of the molecule is O=C(CCN1C(=O)[C@H]2CCCC[C@H]2C1=O)Nc1ccc(-n2ccnc2)cc1. The Balaban J connectivity index is 1.32. The highest BCUT2D eigenvalue weighted by atomic mass is 16.2. The number of rotatable bonds is 5. The summed E-state index contributed by atoms with van der Waals surface area (Å²) in [5.41, 5.74) is 1.62. The second kappa shape index (κ2) is 7.34. The van der Waals surface area contributed by atoms with Crippen molar-refractivity contribution in [2.75, 3.05) is 11.9 Å². The minimum absolute atomic E-state index is 0.0952. The molecule has 4 rings (SSSR count). The number of hydrogen-bond donors (Lipinski definition) is 1.